The van der Waals surface area contributed by atoms with Crippen molar-refractivity contribution < 1.29 is 13.2 Å². The minimum absolute atomic E-state index is 0.434. The number of hydrogen-bond acceptors (Lipinski definition) is 5. The second-order valence-electron chi connectivity index (χ2n) is 5.67. The van der Waals surface area contributed by atoms with E-state index in [1.54, 1.807) is 13.8 Å². The summed E-state index contributed by atoms with van der Waals surface area (Å²) >= 11 is 1.36. The van der Waals surface area contributed by atoms with Gasteiger partial charge in [-0.3, -0.25) is 4.79 Å². The predicted octanol–water partition coefficient (Wildman–Crippen LogP) is 3.06. The minimum Gasteiger partial charge on any atom is -0.301 e. The Morgan fingerprint density at radius 2 is 1.77 bits per heavy atom. The average molecular weight is 340 g/mol. The lowest BCUT2D eigenvalue weighted by Crippen LogP contribution is -2.36. The molecule has 0 fully saturated rings. The van der Waals surface area contributed by atoms with E-state index in [9.17, 15) is 13.2 Å². The van der Waals surface area contributed by atoms with Crippen molar-refractivity contribution in [2.45, 2.75) is 45.1 Å². The van der Waals surface area contributed by atoms with Crippen LogP contribution in [0.25, 0.3) is 10.2 Å². The third-order valence-electron chi connectivity index (χ3n) is 3.69. The van der Waals surface area contributed by atoms with Crippen molar-refractivity contribution in [3.8, 4) is 0 Å². The molecule has 0 saturated carbocycles. The third-order valence-corrected chi connectivity index (χ3v) is 7.31. The Morgan fingerprint density at radius 1 is 1.18 bits per heavy atom. The lowest BCUT2D eigenvalue weighted by Gasteiger charge is -2.14. The summed E-state index contributed by atoms with van der Waals surface area (Å²) in [7, 11) is -3.48. The summed E-state index contributed by atoms with van der Waals surface area (Å²) in [4.78, 5) is 16.6. The van der Waals surface area contributed by atoms with Crippen LogP contribution < -0.4 is 5.32 Å². The normalized spacial score (nSPS) is 13.5. The van der Waals surface area contributed by atoms with E-state index in [1.807, 2.05) is 26.0 Å². The lowest BCUT2D eigenvalue weighted by atomic mass is 10.1. The van der Waals surface area contributed by atoms with Gasteiger partial charge in [0.15, 0.2) is 15.0 Å². The number of hydrogen-bond donors (Lipinski definition) is 1. The molecule has 0 aliphatic heterocycles. The lowest BCUT2D eigenvalue weighted by molar-refractivity contribution is -0.115. The number of aromatic nitrogens is 1. The molecule has 1 aromatic carbocycles. The highest BCUT2D eigenvalue weighted by atomic mass is 32.2. The number of carbonyl (C=O) groups is 1. The van der Waals surface area contributed by atoms with Crippen LogP contribution in [-0.4, -0.2) is 29.8 Å². The van der Waals surface area contributed by atoms with Crippen LogP contribution >= 0.6 is 11.3 Å². The van der Waals surface area contributed by atoms with Gasteiger partial charge in [0.25, 0.3) is 0 Å². The molecule has 1 atom stereocenters. The van der Waals surface area contributed by atoms with Gasteiger partial charge in [-0.1, -0.05) is 23.5 Å². The van der Waals surface area contributed by atoms with E-state index in [2.05, 4.69) is 10.3 Å². The van der Waals surface area contributed by atoms with Crippen molar-refractivity contribution in [3.63, 3.8) is 0 Å². The molecule has 0 radical (unpaired) electrons. The van der Waals surface area contributed by atoms with Gasteiger partial charge in [-0.25, -0.2) is 13.4 Å². The molecular weight excluding hydrogens is 320 g/mol. The summed E-state index contributed by atoms with van der Waals surface area (Å²) in [5.74, 6) is -0.539. The summed E-state index contributed by atoms with van der Waals surface area (Å²) in [6.45, 7) is 8.50. The van der Waals surface area contributed by atoms with E-state index in [1.165, 1.54) is 18.3 Å². The molecule has 120 valence electrons. The van der Waals surface area contributed by atoms with Crippen LogP contribution in [0, 0.1) is 13.8 Å². The van der Waals surface area contributed by atoms with Gasteiger partial charge in [0, 0.05) is 0 Å². The van der Waals surface area contributed by atoms with E-state index in [-0.39, 0.29) is 0 Å². The summed E-state index contributed by atoms with van der Waals surface area (Å²) in [6, 6.07) is 3.99. The van der Waals surface area contributed by atoms with Crippen molar-refractivity contribution in [3.05, 3.63) is 23.3 Å². The Kier molecular flexibility index (Phi) is 4.58. The first kappa shape index (κ1) is 16.9. The molecule has 7 heteroatoms. The number of amides is 1. The molecule has 22 heavy (non-hydrogen) atoms. The molecule has 1 heterocycles. The van der Waals surface area contributed by atoms with Crippen molar-refractivity contribution in [1.29, 1.82) is 0 Å². The molecule has 1 N–H and O–H groups in total. The maximum absolute atomic E-state index is 12.2. The summed E-state index contributed by atoms with van der Waals surface area (Å²) in [5.41, 5.74) is 2.96. The van der Waals surface area contributed by atoms with Gasteiger partial charge in [-0.2, -0.15) is 0 Å². The standard InChI is InChI=1S/C15H20N2O3S2/c1-8(2)22(19,20)11(5)14(18)17-15-16-12-9(3)6-7-10(4)13(12)21-15/h6-8,11H,1-5H3,(H,16,17,18)/t11-/m1/s1. The molecule has 0 spiro atoms. The number of nitrogens with zero attached hydrogens (tertiary/aromatic N) is 1. The molecule has 2 aromatic rings. The highest BCUT2D eigenvalue weighted by Crippen LogP contribution is 2.31. The quantitative estimate of drug-likeness (QED) is 0.928. The van der Waals surface area contributed by atoms with Crippen LogP contribution in [-0.2, 0) is 14.6 Å². The van der Waals surface area contributed by atoms with Gasteiger partial charge in [0.2, 0.25) is 5.91 Å². The zero-order valence-electron chi connectivity index (χ0n) is 13.3. The van der Waals surface area contributed by atoms with E-state index < -0.39 is 26.2 Å². The zero-order valence-corrected chi connectivity index (χ0v) is 14.9. The van der Waals surface area contributed by atoms with Gasteiger partial charge in [0.1, 0.15) is 5.25 Å². The number of benzene rings is 1. The monoisotopic (exact) mass is 340 g/mol. The Bertz CT molecular complexity index is 784. The number of anilines is 1. The summed E-state index contributed by atoms with van der Waals surface area (Å²) < 4.78 is 25.1. The zero-order chi connectivity index (χ0) is 16.7. The molecule has 2 rings (SSSR count). The molecule has 5 nitrogen and oxygen atoms in total. The summed E-state index contributed by atoms with van der Waals surface area (Å²) in [5, 5.41) is 1.38. The van der Waals surface area contributed by atoms with Crippen molar-refractivity contribution in [2.75, 3.05) is 5.32 Å². The molecule has 1 aromatic heterocycles. The molecule has 1 amide bonds. The predicted molar refractivity (Wildman–Crippen MR) is 91.2 cm³/mol. The Labute approximate surface area is 134 Å². The maximum Gasteiger partial charge on any atom is 0.244 e. The first-order valence-corrected chi connectivity index (χ1v) is 9.47. The van der Waals surface area contributed by atoms with Crippen LogP contribution in [0.4, 0.5) is 5.13 Å². The first-order chi connectivity index (χ1) is 10.1. The molecule has 0 unspecified atom stereocenters. The Morgan fingerprint density at radius 3 is 2.32 bits per heavy atom. The van der Waals surface area contributed by atoms with Crippen molar-refractivity contribution in [2.24, 2.45) is 0 Å². The second-order valence-corrected chi connectivity index (χ2v) is 9.49. The van der Waals surface area contributed by atoms with Gasteiger partial charge in [0.05, 0.1) is 15.5 Å². The Balaban J connectivity index is 2.30. The van der Waals surface area contributed by atoms with Crippen molar-refractivity contribution in [1.82, 2.24) is 4.98 Å². The van der Waals surface area contributed by atoms with E-state index in [0.717, 1.165) is 21.3 Å². The van der Waals surface area contributed by atoms with E-state index >= 15 is 0 Å². The second kappa shape index (κ2) is 5.96. The molecule has 0 aliphatic rings. The minimum atomic E-state index is -3.48. The van der Waals surface area contributed by atoms with E-state index in [0.29, 0.717) is 5.13 Å². The number of nitrogens with one attached hydrogen (secondary N) is 1. The molecule has 0 saturated heterocycles. The SMILES string of the molecule is Cc1ccc(C)c2sc(NC(=O)[C@@H](C)S(=O)(=O)C(C)C)nc12. The fourth-order valence-electron chi connectivity index (χ4n) is 2.08. The van der Waals surface area contributed by atoms with Gasteiger partial charge in [-0.15, -0.1) is 0 Å². The van der Waals surface area contributed by atoms with Crippen LogP contribution in [0.5, 0.6) is 0 Å². The van der Waals surface area contributed by atoms with Gasteiger partial charge < -0.3 is 5.32 Å². The number of thiazole rings is 1. The number of fused-ring (bicyclic) bond motifs is 1. The van der Waals surface area contributed by atoms with E-state index in [4.69, 9.17) is 0 Å². The molecule has 0 bridgehead atoms. The first-order valence-electron chi connectivity index (χ1n) is 7.05. The van der Waals surface area contributed by atoms with Crippen LogP contribution in [0.3, 0.4) is 0 Å². The fourth-order valence-corrected chi connectivity index (χ4v) is 4.27. The third kappa shape index (κ3) is 3.01. The number of sulfone groups is 1. The number of rotatable bonds is 4. The van der Waals surface area contributed by atoms with Crippen LogP contribution in [0.1, 0.15) is 31.9 Å². The highest BCUT2D eigenvalue weighted by molar-refractivity contribution is 7.93. The largest absolute Gasteiger partial charge is 0.301 e. The summed E-state index contributed by atoms with van der Waals surface area (Å²) in [6.07, 6.45) is 0. The smallest absolute Gasteiger partial charge is 0.244 e. The van der Waals surface area contributed by atoms with Crippen molar-refractivity contribution >= 4 is 42.4 Å². The van der Waals surface area contributed by atoms with Crippen LogP contribution in [0.2, 0.25) is 0 Å². The van der Waals surface area contributed by atoms with Gasteiger partial charge in [-0.05, 0) is 45.7 Å². The molecule has 0 aliphatic carbocycles. The Hall–Kier alpha value is -1.47. The van der Waals surface area contributed by atoms with Gasteiger partial charge >= 0.3 is 0 Å². The average Bonchev–Trinajstić information content (AvgIpc) is 2.86. The van der Waals surface area contributed by atoms with Crippen LogP contribution in [0.15, 0.2) is 12.1 Å². The number of carbonyl (C=O) groups excluding carboxylic acids is 1. The fraction of sp³-hybridized carbons (Fsp3) is 0.467. The maximum atomic E-state index is 12.2. The molecular formula is C15H20N2O3S2. The highest BCUT2D eigenvalue weighted by Gasteiger charge is 2.31. The number of aryl methyl sites for hydroxylation is 2. The topological polar surface area (TPSA) is 76.1 Å².